The van der Waals surface area contributed by atoms with E-state index in [4.69, 9.17) is 17.3 Å². The molecule has 0 saturated carbocycles. The molecule has 0 atom stereocenters. The lowest BCUT2D eigenvalue weighted by Crippen LogP contribution is -2.05. The van der Waals surface area contributed by atoms with E-state index < -0.39 is 0 Å². The Kier molecular flexibility index (Phi) is 15.2. The molecule has 0 radical (unpaired) electrons. The van der Waals surface area contributed by atoms with Crippen LogP contribution in [0.4, 0.5) is 5.82 Å². The molecule has 7 heteroatoms. The molecular weight excluding hydrogens is 500 g/mol. The molecule has 1 heterocycles. The molecule has 37 heavy (non-hydrogen) atoms. The molecule has 0 unspecified atom stereocenters. The van der Waals surface area contributed by atoms with Gasteiger partial charge in [0.2, 0.25) is 5.78 Å². The third-order valence-corrected chi connectivity index (χ3v) is 5.78. The maximum absolute atomic E-state index is 12.7. The fraction of sp³-hybridized carbons (Fsp3) is 0.233. The maximum Gasteiger partial charge on any atom is 0.214 e. The van der Waals surface area contributed by atoms with Gasteiger partial charge in [0.05, 0.1) is 5.69 Å². The summed E-state index contributed by atoms with van der Waals surface area (Å²) in [5.74, 6) is 1.08. The number of aromatic nitrogens is 2. The third-order valence-electron chi connectivity index (χ3n) is 4.71. The van der Waals surface area contributed by atoms with Crippen molar-refractivity contribution < 1.29 is 4.79 Å². The van der Waals surface area contributed by atoms with E-state index in [0.29, 0.717) is 16.3 Å². The highest BCUT2D eigenvalue weighted by molar-refractivity contribution is 7.98. The van der Waals surface area contributed by atoms with Gasteiger partial charge in [-0.05, 0) is 49.6 Å². The van der Waals surface area contributed by atoms with E-state index in [2.05, 4.69) is 18.3 Å². The zero-order chi connectivity index (χ0) is 27.6. The standard InChI is InChI=1S/C18H13ClN4O.C6H6.C4H10S.C2H6/c1-11-2-4-12(5-3-11)17(24)16-15(10-20)18(21)23(22-16)14-8-6-13(19)7-9-14;1-2-4-6-5-3-1;1-3-4-5-2;1-2/h2-9H,21H2,1H3;1-6H;3-4H2,1-2H3;1-2H3. The van der Waals surface area contributed by atoms with Crippen molar-refractivity contribution in [2.24, 2.45) is 0 Å². The molecule has 0 bridgehead atoms. The molecule has 3 aromatic carbocycles. The van der Waals surface area contributed by atoms with Gasteiger partial charge >= 0.3 is 0 Å². The van der Waals surface area contributed by atoms with Crippen molar-refractivity contribution in [3.05, 3.63) is 112 Å². The minimum atomic E-state index is -0.342. The van der Waals surface area contributed by atoms with Gasteiger partial charge < -0.3 is 5.73 Å². The number of aryl methyl sites for hydroxylation is 1. The van der Waals surface area contributed by atoms with Crippen LogP contribution in [-0.2, 0) is 0 Å². The second-order valence-electron chi connectivity index (χ2n) is 7.45. The summed E-state index contributed by atoms with van der Waals surface area (Å²) in [5, 5.41) is 14.2. The van der Waals surface area contributed by atoms with E-state index in [1.807, 2.05) is 87.1 Å². The number of rotatable bonds is 5. The molecule has 0 aliphatic carbocycles. The first-order valence-corrected chi connectivity index (χ1v) is 13.8. The Morgan fingerprint density at radius 1 is 1.00 bits per heavy atom. The Bertz CT molecular complexity index is 1200. The van der Waals surface area contributed by atoms with Crippen molar-refractivity contribution in [3.8, 4) is 11.8 Å². The first kappa shape index (κ1) is 31.5. The van der Waals surface area contributed by atoms with E-state index in [9.17, 15) is 10.1 Å². The Balaban J connectivity index is 0.000000434. The number of hydrogen-bond donors (Lipinski definition) is 1. The van der Waals surface area contributed by atoms with Crippen LogP contribution in [0.1, 0.15) is 54.4 Å². The number of carbonyl (C=O) groups excluding carboxylic acids is 1. The van der Waals surface area contributed by atoms with Crippen LogP contribution in [0.5, 0.6) is 0 Å². The number of benzene rings is 3. The third kappa shape index (κ3) is 10.2. The number of ketones is 1. The summed E-state index contributed by atoms with van der Waals surface area (Å²) < 4.78 is 1.37. The van der Waals surface area contributed by atoms with Gasteiger partial charge in [0.15, 0.2) is 5.69 Å². The number of carbonyl (C=O) groups is 1. The quantitative estimate of drug-likeness (QED) is 0.262. The second kappa shape index (κ2) is 17.8. The largest absolute Gasteiger partial charge is 0.382 e. The van der Waals surface area contributed by atoms with Gasteiger partial charge in [0.25, 0.3) is 0 Å². The van der Waals surface area contributed by atoms with E-state index in [-0.39, 0.29) is 22.9 Å². The van der Waals surface area contributed by atoms with Crippen molar-refractivity contribution >= 4 is 35.0 Å². The summed E-state index contributed by atoms with van der Waals surface area (Å²) in [7, 11) is 0. The zero-order valence-electron chi connectivity index (χ0n) is 22.1. The number of nitrogen functional groups attached to an aromatic ring is 1. The predicted octanol–water partition coefficient (Wildman–Crippen LogP) is 7.99. The fourth-order valence-electron chi connectivity index (χ4n) is 2.91. The lowest BCUT2D eigenvalue weighted by Gasteiger charge is -2.03. The summed E-state index contributed by atoms with van der Waals surface area (Å²) >= 11 is 7.78. The van der Waals surface area contributed by atoms with Crippen molar-refractivity contribution in [1.82, 2.24) is 9.78 Å². The molecule has 0 fully saturated rings. The molecule has 0 amide bonds. The lowest BCUT2D eigenvalue weighted by molar-refractivity contribution is 0.103. The Morgan fingerprint density at radius 2 is 1.51 bits per heavy atom. The fourth-order valence-corrected chi connectivity index (χ4v) is 3.44. The van der Waals surface area contributed by atoms with Crippen molar-refractivity contribution in [2.75, 3.05) is 17.7 Å². The first-order chi connectivity index (χ1) is 17.9. The molecule has 1 aromatic heterocycles. The summed E-state index contributed by atoms with van der Waals surface area (Å²) in [5.41, 5.74) is 8.24. The summed E-state index contributed by atoms with van der Waals surface area (Å²) in [6, 6.07) is 27.8. The minimum absolute atomic E-state index is 0.0359. The molecule has 194 valence electrons. The summed E-state index contributed by atoms with van der Waals surface area (Å²) in [4.78, 5) is 12.7. The van der Waals surface area contributed by atoms with Crippen LogP contribution >= 0.6 is 23.4 Å². The SMILES string of the molecule is CC.CCCSC.Cc1ccc(C(=O)c2nn(-c3ccc(Cl)cc3)c(N)c2C#N)cc1.c1ccccc1. The number of nitrogens with two attached hydrogens (primary N) is 1. The predicted molar refractivity (Wildman–Crippen MR) is 159 cm³/mol. The smallest absolute Gasteiger partial charge is 0.214 e. The van der Waals surface area contributed by atoms with Crippen LogP contribution in [0.15, 0.2) is 84.9 Å². The van der Waals surface area contributed by atoms with E-state index in [1.165, 1.54) is 16.9 Å². The van der Waals surface area contributed by atoms with Crippen molar-refractivity contribution in [3.63, 3.8) is 0 Å². The Labute approximate surface area is 230 Å². The molecule has 4 rings (SSSR count). The van der Waals surface area contributed by atoms with Crippen LogP contribution in [-0.4, -0.2) is 27.6 Å². The van der Waals surface area contributed by atoms with Gasteiger partial charge in [-0.2, -0.15) is 22.1 Å². The number of anilines is 1. The van der Waals surface area contributed by atoms with Gasteiger partial charge in [-0.1, -0.05) is 98.6 Å². The number of halogens is 1. The summed E-state index contributed by atoms with van der Waals surface area (Å²) in [6.07, 6.45) is 3.44. The van der Waals surface area contributed by atoms with E-state index >= 15 is 0 Å². The minimum Gasteiger partial charge on any atom is -0.382 e. The van der Waals surface area contributed by atoms with Crippen LogP contribution in [0.2, 0.25) is 5.02 Å². The zero-order valence-corrected chi connectivity index (χ0v) is 23.7. The highest BCUT2D eigenvalue weighted by Crippen LogP contribution is 2.23. The Morgan fingerprint density at radius 3 is 1.92 bits per heavy atom. The van der Waals surface area contributed by atoms with E-state index in [0.717, 1.165) is 5.56 Å². The van der Waals surface area contributed by atoms with Crippen molar-refractivity contribution in [1.29, 1.82) is 5.26 Å². The van der Waals surface area contributed by atoms with Crippen molar-refractivity contribution in [2.45, 2.75) is 34.1 Å². The molecular formula is C30H35ClN4OS. The number of nitrogens with zero attached hydrogens (tertiary/aromatic N) is 3. The van der Waals surface area contributed by atoms with E-state index in [1.54, 1.807) is 36.4 Å². The van der Waals surface area contributed by atoms with Gasteiger partial charge in [0.1, 0.15) is 17.5 Å². The van der Waals surface area contributed by atoms with Crippen LogP contribution in [0, 0.1) is 18.3 Å². The number of thioether (sulfide) groups is 1. The molecule has 0 saturated heterocycles. The molecule has 2 N–H and O–H groups in total. The normalized spacial score (nSPS) is 9.32. The second-order valence-corrected chi connectivity index (χ2v) is 8.87. The van der Waals surface area contributed by atoms with Crippen LogP contribution in [0.25, 0.3) is 5.69 Å². The van der Waals surface area contributed by atoms with Crippen LogP contribution in [0.3, 0.4) is 0 Å². The average molecular weight is 535 g/mol. The average Bonchev–Trinajstić information content (AvgIpc) is 3.28. The lowest BCUT2D eigenvalue weighted by atomic mass is 10.0. The highest BCUT2D eigenvalue weighted by atomic mass is 35.5. The van der Waals surface area contributed by atoms with Crippen LogP contribution < -0.4 is 5.73 Å². The van der Waals surface area contributed by atoms with Gasteiger partial charge in [0, 0.05) is 10.6 Å². The molecule has 4 aromatic rings. The molecule has 5 nitrogen and oxygen atoms in total. The number of nitriles is 1. The monoisotopic (exact) mass is 534 g/mol. The maximum atomic E-state index is 12.7. The topological polar surface area (TPSA) is 84.7 Å². The highest BCUT2D eigenvalue weighted by Gasteiger charge is 2.23. The molecule has 0 aliphatic heterocycles. The molecule has 0 aliphatic rings. The van der Waals surface area contributed by atoms with Gasteiger partial charge in [-0.3, -0.25) is 4.79 Å². The molecule has 0 spiro atoms. The Hall–Kier alpha value is -3.53. The van der Waals surface area contributed by atoms with Gasteiger partial charge in [-0.25, -0.2) is 4.68 Å². The van der Waals surface area contributed by atoms with Gasteiger partial charge in [-0.15, -0.1) is 0 Å². The number of hydrogen-bond acceptors (Lipinski definition) is 5. The summed E-state index contributed by atoms with van der Waals surface area (Å²) in [6.45, 7) is 8.12. The first-order valence-electron chi connectivity index (χ1n) is 12.1.